The average Bonchev–Trinajstić information content (AvgIpc) is 3.34. The number of aromatic nitrogens is 3. The van der Waals surface area contributed by atoms with Gasteiger partial charge in [0.25, 0.3) is 5.91 Å². The molecule has 4 aromatic rings. The smallest absolute Gasteiger partial charge is 0.253 e. The van der Waals surface area contributed by atoms with Crippen LogP contribution in [0.15, 0.2) is 55.0 Å². The lowest BCUT2D eigenvalue weighted by Gasteiger charge is -2.28. The van der Waals surface area contributed by atoms with Crippen LogP contribution >= 0.6 is 0 Å². The Kier molecular flexibility index (Phi) is 7.05. The fourth-order valence-electron chi connectivity index (χ4n) is 4.90. The molecule has 3 heterocycles. The van der Waals surface area contributed by atoms with Crippen LogP contribution in [-0.4, -0.2) is 59.0 Å². The first-order valence-electron chi connectivity index (χ1n) is 12.4. The van der Waals surface area contributed by atoms with E-state index in [1.165, 1.54) is 13.2 Å². The van der Waals surface area contributed by atoms with Gasteiger partial charge in [0.2, 0.25) is 0 Å². The number of rotatable bonds is 7. The summed E-state index contributed by atoms with van der Waals surface area (Å²) in [4.78, 5) is 23.9. The van der Waals surface area contributed by atoms with E-state index in [0.29, 0.717) is 28.5 Å². The molecule has 192 valence electrons. The molecule has 1 aliphatic rings. The first-order chi connectivity index (χ1) is 17.9. The zero-order chi connectivity index (χ0) is 25.9. The number of halogens is 1. The summed E-state index contributed by atoms with van der Waals surface area (Å²) in [6, 6.07) is 10.5. The summed E-state index contributed by atoms with van der Waals surface area (Å²) >= 11 is 0. The second-order valence-corrected chi connectivity index (χ2v) is 9.50. The molecule has 0 aliphatic carbocycles. The number of benzene rings is 2. The van der Waals surface area contributed by atoms with Crippen LogP contribution in [0.4, 0.5) is 15.9 Å². The third-order valence-electron chi connectivity index (χ3n) is 6.93. The van der Waals surface area contributed by atoms with Crippen molar-refractivity contribution in [3.63, 3.8) is 0 Å². The third-order valence-corrected chi connectivity index (χ3v) is 6.93. The van der Waals surface area contributed by atoms with Gasteiger partial charge in [0.15, 0.2) is 23.0 Å². The lowest BCUT2D eigenvalue weighted by atomic mass is 9.97. The second-order valence-electron chi connectivity index (χ2n) is 9.50. The SMILES string of the molecule is COc1ccc(-c2cnc3c(Nc4ccc(C(=O)N(C)CC5CCNCC5)c(C)c4)nccn23)cc1F. The van der Waals surface area contributed by atoms with Crippen molar-refractivity contribution in [2.75, 3.05) is 39.1 Å². The van der Waals surface area contributed by atoms with Gasteiger partial charge in [-0.25, -0.2) is 14.4 Å². The van der Waals surface area contributed by atoms with E-state index in [2.05, 4.69) is 20.6 Å². The number of methoxy groups -OCH3 is 1. The van der Waals surface area contributed by atoms with Gasteiger partial charge in [0, 0.05) is 42.8 Å². The van der Waals surface area contributed by atoms with Crippen LogP contribution < -0.4 is 15.4 Å². The Morgan fingerprint density at radius 2 is 2.03 bits per heavy atom. The third kappa shape index (κ3) is 5.13. The molecule has 2 N–H and O–H groups in total. The number of aryl methyl sites for hydroxylation is 1. The number of piperidine rings is 1. The Balaban J connectivity index is 1.35. The van der Waals surface area contributed by atoms with Crippen LogP contribution in [0.1, 0.15) is 28.8 Å². The van der Waals surface area contributed by atoms with Crippen molar-refractivity contribution in [3.8, 4) is 17.0 Å². The Hall–Kier alpha value is -3.98. The molecule has 1 fully saturated rings. The van der Waals surface area contributed by atoms with Crippen LogP contribution in [0, 0.1) is 18.7 Å². The van der Waals surface area contributed by atoms with Crippen molar-refractivity contribution >= 4 is 23.1 Å². The van der Waals surface area contributed by atoms with Crippen molar-refractivity contribution in [1.29, 1.82) is 0 Å². The van der Waals surface area contributed by atoms with E-state index >= 15 is 0 Å². The van der Waals surface area contributed by atoms with Crippen LogP contribution in [0.2, 0.25) is 0 Å². The van der Waals surface area contributed by atoms with Gasteiger partial charge in [-0.15, -0.1) is 0 Å². The van der Waals surface area contributed by atoms with E-state index in [9.17, 15) is 9.18 Å². The molecule has 0 bridgehead atoms. The molecule has 0 radical (unpaired) electrons. The van der Waals surface area contributed by atoms with Crippen LogP contribution in [0.3, 0.4) is 0 Å². The maximum Gasteiger partial charge on any atom is 0.253 e. The number of nitrogens with one attached hydrogen (secondary N) is 2. The lowest BCUT2D eigenvalue weighted by molar-refractivity contribution is 0.0762. The van der Waals surface area contributed by atoms with Gasteiger partial charge < -0.3 is 20.3 Å². The van der Waals surface area contributed by atoms with Gasteiger partial charge in [-0.2, -0.15) is 0 Å². The molecule has 0 saturated carbocycles. The number of fused-ring (bicyclic) bond motifs is 1. The number of hydrogen-bond acceptors (Lipinski definition) is 6. The van der Waals surface area contributed by atoms with E-state index in [0.717, 1.165) is 49.4 Å². The monoisotopic (exact) mass is 502 g/mol. The molecule has 5 rings (SSSR count). The molecule has 1 saturated heterocycles. The highest BCUT2D eigenvalue weighted by atomic mass is 19.1. The molecule has 9 heteroatoms. The zero-order valence-corrected chi connectivity index (χ0v) is 21.3. The minimum Gasteiger partial charge on any atom is -0.494 e. The topological polar surface area (TPSA) is 83.8 Å². The Morgan fingerprint density at radius 3 is 2.76 bits per heavy atom. The highest BCUT2D eigenvalue weighted by Crippen LogP contribution is 2.29. The minimum atomic E-state index is -0.436. The Bertz CT molecular complexity index is 1430. The predicted octanol–water partition coefficient (Wildman–Crippen LogP) is 4.67. The first-order valence-corrected chi connectivity index (χ1v) is 12.4. The van der Waals surface area contributed by atoms with Gasteiger partial charge in [-0.3, -0.25) is 9.20 Å². The summed E-state index contributed by atoms with van der Waals surface area (Å²) in [6.45, 7) is 4.74. The number of anilines is 2. The molecule has 2 aromatic carbocycles. The fraction of sp³-hybridized carbons (Fsp3) is 0.321. The molecular weight excluding hydrogens is 471 g/mol. The van der Waals surface area contributed by atoms with E-state index in [-0.39, 0.29) is 11.7 Å². The van der Waals surface area contributed by atoms with E-state index in [1.54, 1.807) is 30.7 Å². The molecule has 37 heavy (non-hydrogen) atoms. The highest BCUT2D eigenvalue weighted by molar-refractivity contribution is 5.96. The van der Waals surface area contributed by atoms with Crippen molar-refractivity contribution < 1.29 is 13.9 Å². The minimum absolute atomic E-state index is 0.0347. The van der Waals surface area contributed by atoms with Crippen molar-refractivity contribution in [2.24, 2.45) is 5.92 Å². The molecule has 2 aromatic heterocycles. The van der Waals surface area contributed by atoms with Crippen molar-refractivity contribution in [1.82, 2.24) is 24.6 Å². The van der Waals surface area contributed by atoms with Gasteiger partial charge in [-0.05, 0) is 80.7 Å². The summed E-state index contributed by atoms with van der Waals surface area (Å²) in [5.74, 6) is 0.888. The van der Waals surface area contributed by atoms with Gasteiger partial charge in [-0.1, -0.05) is 0 Å². The maximum absolute atomic E-state index is 14.3. The standard InChI is InChI=1S/C28H31FN6O2/c1-18-14-21(5-6-22(18)28(36)34(2)17-19-8-10-30-11-9-19)33-26-27-32-16-24(35(27)13-12-31-26)20-4-7-25(37-3)23(29)15-20/h4-7,12-16,19,30H,8-11,17H2,1-3H3,(H,31,33). The maximum atomic E-state index is 14.3. The summed E-state index contributed by atoms with van der Waals surface area (Å²) in [6.07, 6.45) is 7.34. The number of imidazole rings is 1. The number of ether oxygens (including phenoxy) is 1. The average molecular weight is 503 g/mol. The lowest BCUT2D eigenvalue weighted by Crippen LogP contribution is -2.37. The van der Waals surface area contributed by atoms with Gasteiger partial charge in [0.05, 0.1) is 19.0 Å². The van der Waals surface area contributed by atoms with E-state index in [4.69, 9.17) is 4.74 Å². The summed E-state index contributed by atoms with van der Waals surface area (Å²) in [7, 11) is 3.32. The summed E-state index contributed by atoms with van der Waals surface area (Å²) < 4.78 is 21.2. The van der Waals surface area contributed by atoms with Gasteiger partial charge in [0.1, 0.15) is 0 Å². The fourth-order valence-corrected chi connectivity index (χ4v) is 4.90. The Morgan fingerprint density at radius 1 is 1.22 bits per heavy atom. The summed E-state index contributed by atoms with van der Waals surface area (Å²) in [5, 5.41) is 6.69. The van der Waals surface area contributed by atoms with Crippen LogP contribution in [0.25, 0.3) is 16.9 Å². The largest absolute Gasteiger partial charge is 0.494 e. The van der Waals surface area contributed by atoms with Crippen molar-refractivity contribution in [2.45, 2.75) is 19.8 Å². The predicted molar refractivity (Wildman–Crippen MR) is 142 cm³/mol. The molecule has 0 spiro atoms. The normalized spacial score (nSPS) is 14.1. The number of hydrogen-bond donors (Lipinski definition) is 2. The molecule has 0 unspecified atom stereocenters. The van der Waals surface area contributed by atoms with Crippen LogP contribution in [-0.2, 0) is 0 Å². The Labute approximate surface area is 215 Å². The molecule has 8 nitrogen and oxygen atoms in total. The quantitative estimate of drug-likeness (QED) is 0.382. The first kappa shape index (κ1) is 24.7. The molecule has 1 aliphatic heterocycles. The second kappa shape index (κ2) is 10.6. The number of nitrogens with zero attached hydrogens (tertiary/aromatic N) is 4. The molecule has 0 atom stereocenters. The van der Waals surface area contributed by atoms with Crippen molar-refractivity contribution in [3.05, 3.63) is 71.9 Å². The van der Waals surface area contributed by atoms with E-state index in [1.807, 2.05) is 41.5 Å². The van der Waals surface area contributed by atoms with Crippen LogP contribution in [0.5, 0.6) is 5.75 Å². The zero-order valence-electron chi connectivity index (χ0n) is 21.3. The number of carbonyl (C=O) groups is 1. The number of carbonyl (C=O) groups excluding carboxylic acids is 1. The highest BCUT2D eigenvalue weighted by Gasteiger charge is 2.20. The number of amides is 1. The van der Waals surface area contributed by atoms with E-state index < -0.39 is 5.82 Å². The molecular formula is C28H31FN6O2. The molecule has 1 amide bonds. The summed E-state index contributed by atoms with van der Waals surface area (Å²) in [5.41, 5.74) is 4.39. The van der Waals surface area contributed by atoms with Gasteiger partial charge >= 0.3 is 0 Å².